The van der Waals surface area contributed by atoms with Crippen LogP contribution in [0.2, 0.25) is 0 Å². The van der Waals surface area contributed by atoms with Crippen molar-refractivity contribution in [1.82, 2.24) is 35.9 Å². The van der Waals surface area contributed by atoms with Crippen molar-refractivity contribution in [1.29, 1.82) is 0 Å². The van der Waals surface area contributed by atoms with Crippen molar-refractivity contribution >= 4 is 23.5 Å². The van der Waals surface area contributed by atoms with Gasteiger partial charge in [-0.05, 0) is 84.3 Å². The molecule has 0 unspecified atom stereocenters. The Hall–Kier alpha value is -5.69. The summed E-state index contributed by atoms with van der Waals surface area (Å²) in [6, 6.07) is 24.0. The predicted molar refractivity (Wildman–Crippen MR) is 191 cm³/mol. The summed E-state index contributed by atoms with van der Waals surface area (Å²) in [4.78, 5) is 38.5. The van der Waals surface area contributed by atoms with Crippen LogP contribution in [0, 0.1) is 11.8 Å². The minimum atomic E-state index is -0.831. The summed E-state index contributed by atoms with van der Waals surface area (Å²) >= 11 is 0. The van der Waals surface area contributed by atoms with Crippen molar-refractivity contribution in [2.75, 3.05) is 30.9 Å². The highest BCUT2D eigenvalue weighted by atomic mass is 16.5. The molecule has 2 amide bonds. The summed E-state index contributed by atoms with van der Waals surface area (Å²) in [6.45, 7) is 0.970. The molecular weight excluding hydrogens is 632 g/mol. The molecule has 1 atom stereocenters. The second-order valence-corrected chi connectivity index (χ2v) is 12.8. The van der Waals surface area contributed by atoms with Gasteiger partial charge in [0.2, 0.25) is 29.5 Å². The fourth-order valence-electron chi connectivity index (χ4n) is 6.08. The Morgan fingerprint density at radius 1 is 0.960 bits per heavy atom. The maximum Gasteiger partial charge on any atom is 0.247 e. The quantitative estimate of drug-likeness (QED) is 0.140. The molecule has 3 aromatic carbocycles. The molecule has 258 valence electrons. The number of carbonyl (C=O) groups excluding carboxylic acids is 2. The number of carbonyl (C=O) groups is 2. The van der Waals surface area contributed by atoms with E-state index in [9.17, 15) is 9.59 Å². The Morgan fingerprint density at radius 3 is 2.42 bits per heavy atom. The highest BCUT2D eigenvalue weighted by Crippen LogP contribution is 2.31. The van der Waals surface area contributed by atoms with Gasteiger partial charge in [-0.2, -0.15) is 10.2 Å². The fourth-order valence-corrected chi connectivity index (χ4v) is 6.08. The molecule has 6 rings (SSSR count). The number of rotatable bonds is 13. The zero-order chi connectivity index (χ0) is 34.9. The zero-order valence-corrected chi connectivity index (χ0v) is 28.3. The molecule has 0 radical (unpaired) electrons. The van der Waals surface area contributed by atoms with Crippen LogP contribution < -0.4 is 26.0 Å². The van der Waals surface area contributed by atoms with Gasteiger partial charge in [0.05, 0.1) is 5.56 Å². The minimum Gasteiger partial charge on any atom is -0.472 e. The van der Waals surface area contributed by atoms with Gasteiger partial charge in [-0.1, -0.05) is 54.6 Å². The van der Waals surface area contributed by atoms with Crippen molar-refractivity contribution in [2.24, 2.45) is 17.6 Å². The van der Waals surface area contributed by atoms with E-state index in [2.05, 4.69) is 36.2 Å². The molecular formula is C37H42N10O3. The standard InChI is InChI=1S/C37H42N10O3/c1-47(2)37-39-22-31(36(42-37)50-23-25-7-4-3-5-8-25)29-10-6-9-26(19-29)20-32(41-34(48)28-13-11-24(21-38)12-14-28)35(49)40-30-17-15-27(16-18-30)33-43-45-46-44-33/h3-10,15-19,22,24,28,32H,11-14,20-21,23,38H2,1-2H3,(H,40,49)(H,41,48)(H,43,44,45,46)/t24?,28?,32-/m0/s1. The van der Waals surface area contributed by atoms with E-state index in [4.69, 9.17) is 15.5 Å². The van der Waals surface area contributed by atoms with Crippen molar-refractivity contribution in [3.8, 4) is 28.4 Å². The van der Waals surface area contributed by atoms with Gasteiger partial charge in [0.1, 0.15) is 12.6 Å². The first kappa shape index (κ1) is 34.2. The molecule has 13 nitrogen and oxygen atoms in total. The molecule has 50 heavy (non-hydrogen) atoms. The summed E-state index contributed by atoms with van der Waals surface area (Å²) in [5.74, 6) is 1.26. The molecule has 13 heteroatoms. The number of amides is 2. The summed E-state index contributed by atoms with van der Waals surface area (Å²) < 4.78 is 6.24. The van der Waals surface area contributed by atoms with Gasteiger partial charge in [-0.25, -0.2) is 4.98 Å². The van der Waals surface area contributed by atoms with Gasteiger partial charge in [-0.3, -0.25) is 9.59 Å². The SMILES string of the molecule is CN(C)c1ncc(-c2cccc(C[C@H](NC(=O)C3CCC(CN)CC3)C(=O)Nc3ccc(-c4nn[nH]n4)cc3)c2)c(OCc2ccccc2)n1. The monoisotopic (exact) mass is 674 g/mol. The topological polar surface area (TPSA) is 177 Å². The minimum absolute atomic E-state index is 0.117. The fraction of sp³-hybridized carbons (Fsp3) is 0.324. The lowest BCUT2D eigenvalue weighted by atomic mass is 9.81. The van der Waals surface area contributed by atoms with E-state index in [1.165, 1.54) is 0 Å². The molecule has 5 N–H and O–H groups in total. The number of benzene rings is 3. The number of hydrogen-bond donors (Lipinski definition) is 4. The van der Waals surface area contributed by atoms with Gasteiger partial charge >= 0.3 is 0 Å². The number of nitrogens with zero attached hydrogens (tertiary/aromatic N) is 6. The number of tetrazole rings is 1. The molecule has 1 saturated carbocycles. The molecule has 0 aliphatic heterocycles. The van der Waals surface area contributed by atoms with Gasteiger partial charge in [0, 0.05) is 43.9 Å². The van der Waals surface area contributed by atoms with E-state index < -0.39 is 6.04 Å². The van der Waals surface area contributed by atoms with E-state index in [0.29, 0.717) is 42.4 Å². The Morgan fingerprint density at radius 2 is 1.72 bits per heavy atom. The number of nitrogens with two attached hydrogens (primary N) is 1. The molecule has 1 aliphatic rings. The molecule has 1 fully saturated rings. The molecule has 0 bridgehead atoms. The third kappa shape index (κ3) is 8.66. The lowest BCUT2D eigenvalue weighted by Crippen LogP contribution is -2.48. The Kier molecular flexibility index (Phi) is 11.0. The first-order chi connectivity index (χ1) is 24.4. The van der Waals surface area contributed by atoms with E-state index in [-0.39, 0.29) is 24.2 Å². The van der Waals surface area contributed by atoms with E-state index in [1.54, 1.807) is 30.5 Å². The van der Waals surface area contributed by atoms with Gasteiger partial charge in [0.25, 0.3) is 0 Å². The average molecular weight is 675 g/mol. The normalized spacial score (nSPS) is 16.3. The summed E-state index contributed by atoms with van der Waals surface area (Å²) in [6.07, 6.45) is 5.34. The Balaban J connectivity index is 1.23. The van der Waals surface area contributed by atoms with Crippen LogP contribution >= 0.6 is 0 Å². The third-order valence-electron chi connectivity index (χ3n) is 8.98. The number of ether oxygens (including phenoxy) is 1. The van der Waals surface area contributed by atoms with Crippen LogP contribution in [0.1, 0.15) is 36.8 Å². The van der Waals surface area contributed by atoms with Crippen molar-refractivity contribution in [2.45, 2.75) is 44.8 Å². The maximum absolute atomic E-state index is 13.9. The van der Waals surface area contributed by atoms with Gasteiger partial charge in [-0.15, -0.1) is 10.2 Å². The van der Waals surface area contributed by atoms with Crippen LogP contribution in [0.4, 0.5) is 11.6 Å². The van der Waals surface area contributed by atoms with Crippen molar-refractivity contribution < 1.29 is 14.3 Å². The summed E-state index contributed by atoms with van der Waals surface area (Å²) in [7, 11) is 3.75. The number of aromatic amines is 1. The highest BCUT2D eigenvalue weighted by Gasteiger charge is 2.29. The van der Waals surface area contributed by atoms with Gasteiger partial charge in [0.15, 0.2) is 0 Å². The molecule has 2 heterocycles. The predicted octanol–water partition coefficient (Wildman–Crippen LogP) is 4.40. The molecule has 2 aromatic heterocycles. The van der Waals surface area contributed by atoms with Crippen molar-refractivity contribution in [3.05, 3.63) is 96.2 Å². The van der Waals surface area contributed by atoms with E-state index >= 15 is 0 Å². The first-order valence-corrected chi connectivity index (χ1v) is 16.8. The second-order valence-electron chi connectivity index (χ2n) is 12.8. The van der Waals surface area contributed by atoms with Crippen LogP contribution in [-0.4, -0.2) is 69.1 Å². The first-order valence-electron chi connectivity index (χ1n) is 16.8. The zero-order valence-electron chi connectivity index (χ0n) is 28.3. The Bertz CT molecular complexity index is 1860. The van der Waals surface area contributed by atoms with Crippen molar-refractivity contribution in [3.63, 3.8) is 0 Å². The third-order valence-corrected chi connectivity index (χ3v) is 8.98. The summed E-state index contributed by atoms with van der Waals surface area (Å²) in [5.41, 5.74) is 10.6. The molecule has 1 aliphatic carbocycles. The lowest BCUT2D eigenvalue weighted by Gasteiger charge is -2.28. The number of anilines is 2. The number of aromatic nitrogens is 6. The molecule has 0 spiro atoms. The van der Waals surface area contributed by atoms with E-state index in [0.717, 1.165) is 53.5 Å². The average Bonchev–Trinajstić information content (AvgIpc) is 3.70. The highest BCUT2D eigenvalue weighted by molar-refractivity contribution is 5.97. The van der Waals surface area contributed by atoms with Crippen LogP contribution in [0.3, 0.4) is 0 Å². The maximum atomic E-state index is 13.9. The van der Waals surface area contributed by atoms with Crippen LogP contribution in [-0.2, 0) is 22.6 Å². The Labute approximate surface area is 291 Å². The smallest absolute Gasteiger partial charge is 0.247 e. The number of nitrogens with one attached hydrogen (secondary N) is 3. The van der Waals surface area contributed by atoms with Crippen LogP contribution in [0.15, 0.2) is 85.1 Å². The summed E-state index contributed by atoms with van der Waals surface area (Å²) in [5, 5.41) is 20.1. The largest absolute Gasteiger partial charge is 0.472 e. The van der Waals surface area contributed by atoms with Crippen LogP contribution in [0.25, 0.3) is 22.5 Å². The van der Waals surface area contributed by atoms with Gasteiger partial charge < -0.3 is 26.0 Å². The lowest BCUT2D eigenvalue weighted by molar-refractivity contribution is -0.130. The van der Waals surface area contributed by atoms with Crippen LogP contribution in [0.5, 0.6) is 5.88 Å². The second kappa shape index (κ2) is 16.1. The molecule has 0 saturated heterocycles. The molecule has 5 aromatic rings. The van der Waals surface area contributed by atoms with E-state index in [1.807, 2.05) is 73.6 Å². The number of hydrogen-bond acceptors (Lipinski definition) is 10. The number of H-pyrrole nitrogens is 1.